The van der Waals surface area contributed by atoms with Gasteiger partial charge < -0.3 is 10.4 Å². The van der Waals surface area contributed by atoms with Crippen molar-refractivity contribution in [2.24, 2.45) is 0 Å². The second-order valence-corrected chi connectivity index (χ2v) is 8.67. The zero-order chi connectivity index (χ0) is 19.8. The maximum Gasteiger partial charge on any atom is 0.255 e. The van der Waals surface area contributed by atoms with Gasteiger partial charge in [0, 0.05) is 17.3 Å². The van der Waals surface area contributed by atoms with Gasteiger partial charge in [-0.3, -0.25) is 4.79 Å². The lowest BCUT2D eigenvalue weighted by Gasteiger charge is -2.31. The minimum Gasteiger partial charge on any atom is -0.393 e. The number of anilines is 1. The molecule has 0 spiro atoms. The van der Waals surface area contributed by atoms with Gasteiger partial charge in [0.25, 0.3) is 5.91 Å². The van der Waals surface area contributed by atoms with Crippen LogP contribution < -0.4 is 10.0 Å². The summed E-state index contributed by atoms with van der Waals surface area (Å²) >= 11 is 11.7. The molecule has 0 atom stereocenters. The van der Waals surface area contributed by atoms with E-state index in [1.54, 1.807) is 0 Å². The molecule has 1 aliphatic rings. The van der Waals surface area contributed by atoms with Crippen LogP contribution in [-0.4, -0.2) is 31.6 Å². The topological polar surface area (TPSA) is 95.5 Å². The van der Waals surface area contributed by atoms with Gasteiger partial charge in [-0.05, 0) is 49.2 Å². The van der Waals surface area contributed by atoms with E-state index < -0.39 is 27.9 Å². The molecule has 2 aromatic carbocycles. The Balaban J connectivity index is 1.81. The number of benzene rings is 2. The fraction of sp³-hybridized carbons (Fsp3) is 0.235. The van der Waals surface area contributed by atoms with Crippen LogP contribution >= 0.6 is 23.2 Å². The lowest BCUT2D eigenvalue weighted by molar-refractivity contribution is 0.0712. The highest BCUT2D eigenvalue weighted by molar-refractivity contribution is 7.89. The summed E-state index contributed by atoms with van der Waals surface area (Å²) in [6, 6.07) is 7.13. The number of carbonyl (C=O) groups is 1. The third kappa shape index (κ3) is 4.59. The number of carbonyl (C=O) groups excluding carboxylic acids is 1. The van der Waals surface area contributed by atoms with Gasteiger partial charge in [-0.2, -0.15) is 0 Å². The molecule has 3 N–H and O–H groups in total. The third-order valence-electron chi connectivity index (χ3n) is 4.10. The highest BCUT2D eigenvalue weighted by atomic mass is 35.5. The van der Waals surface area contributed by atoms with Gasteiger partial charge in [0.15, 0.2) is 0 Å². The van der Waals surface area contributed by atoms with Crippen molar-refractivity contribution in [3.63, 3.8) is 0 Å². The quantitative estimate of drug-likeness (QED) is 0.675. The molecule has 10 heteroatoms. The van der Waals surface area contributed by atoms with Gasteiger partial charge in [0.1, 0.15) is 10.7 Å². The molecule has 1 saturated carbocycles. The van der Waals surface area contributed by atoms with Crippen molar-refractivity contribution in [2.75, 3.05) is 5.32 Å². The predicted octanol–water partition coefficient (Wildman–Crippen LogP) is 3.19. The summed E-state index contributed by atoms with van der Waals surface area (Å²) < 4.78 is 40.7. The third-order valence-corrected chi connectivity index (χ3v) is 6.39. The first-order valence-corrected chi connectivity index (χ1v) is 10.2. The smallest absolute Gasteiger partial charge is 0.255 e. The van der Waals surface area contributed by atoms with Gasteiger partial charge in [-0.1, -0.05) is 23.2 Å². The Kier molecular flexibility index (Phi) is 5.73. The Hall–Kier alpha value is -1.71. The van der Waals surface area contributed by atoms with Crippen LogP contribution in [0.2, 0.25) is 10.0 Å². The van der Waals surface area contributed by atoms with Crippen molar-refractivity contribution in [1.29, 1.82) is 0 Å². The number of hydrogen-bond acceptors (Lipinski definition) is 4. The van der Waals surface area contributed by atoms with E-state index >= 15 is 0 Å². The van der Waals surface area contributed by atoms with Crippen LogP contribution in [-0.2, 0) is 10.0 Å². The van der Waals surface area contributed by atoms with Gasteiger partial charge in [-0.25, -0.2) is 17.5 Å². The summed E-state index contributed by atoms with van der Waals surface area (Å²) in [5.41, 5.74) is 0.307. The number of aliphatic hydroxyl groups is 1. The fourth-order valence-electron chi connectivity index (χ4n) is 2.59. The van der Waals surface area contributed by atoms with Crippen LogP contribution in [0.5, 0.6) is 0 Å². The van der Waals surface area contributed by atoms with Crippen LogP contribution in [0.1, 0.15) is 23.2 Å². The average Bonchev–Trinajstić information content (AvgIpc) is 2.56. The zero-order valence-electron chi connectivity index (χ0n) is 13.7. The summed E-state index contributed by atoms with van der Waals surface area (Å²) in [6.45, 7) is 0. The summed E-state index contributed by atoms with van der Waals surface area (Å²) in [6.07, 6.45) is 0.123. The lowest BCUT2D eigenvalue weighted by atomic mass is 9.91. The van der Waals surface area contributed by atoms with Gasteiger partial charge in [0.05, 0.1) is 16.1 Å². The Labute approximate surface area is 165 Å². The Morgan fingerprint density at radius 1 is 1.11 bits per heavy atom. The number of rotatable bonds is 5. The summed E-state index contributed by atoms with van der Waals surface area (Å²) in [4.78, 5) is 12.2. The van der Waals surface area contributed by atoms with E-state index in [0.29, 0.717) is 12.8 Å². The molecule has 27 heavy (non-hydrogen) atoms. The van der Waals surface area contributed by atoms with Gasteiger partial charge in [-0.15, -0.1) is 0 Å². The standard InChI is InChI=1S/C17H15Cl2FN2O4S/c18-13-3-1-9(17(24)21-10-2-4-15(20)14(19)8-10)5-16(13)27(25,26)22-11-6-12(23)7-11/h1-5,8,11-12,22-23H,6-7H2,(H,21,24). The Morgan fingerprint density at radius 2 is 1.81 bits per heavy atom. The first-order chi connectivity index (χ1) is 12.7. The molecule has 3 rings (SSSR count). The lowest BCUT2D eigenvalue weighted by Crippen LogP contribution is -2.46. The first kappa shape index (κ1) is 20.0. The molecule has 144 valence electrons. The number of halogens is 3. The van der Waals surface area contributed by atoms with E-state index in [1.807, 2.05) is 0 Å². The van der Waals surface area contributed by atoms with E-state index in [4.69, 9.17) is 23.2 Å². The van der Waals surface area contributed by atoms with Crippen molar-refractivity contribution in [3.05, 3.63) is 57.8 Å². The molecular weight excluding hydrogens is 418 g/mol. The minimum atomic E-state index is -3.96. The highest BCUT2D eigenvalue weighted by Gasteiger charge is 2.32. The Morgan fingerprint density at radius 3 is 2.44 bits per heavy atom. The molecule has 0 bridgehead atoms. The van der Waals surface area contributed by atoms with Crippen LogP contribution in [0.3, 0.4) is 0 Å². The average molecular weight is 433 g/mol. The molecule has 0 saturated heterocycles. The number of nitrogens with one attached hydrogen (secondary N) is 2. The monoisotopic (exact) mass is 432 g/mol. The second kappa shape index (κ2) is 7.73. The largest absolute Gasteiger partial charge is 0.393 e. The van der Waals surface area contributed by atoms with Crippen LogP contribution in [0.15, 0.2) is 41.3 Å². The zero-order valence-corrected chi connectivity index (χ0v) is 16.1. The van der Waals surface area contributed by atoms with Crippen molar-refractivity contribution >= 4 is 44.8 Å². The maximum atomic E-state index is 13.2. The molecule has 0 aromatic heterocycles. The van der Waals surface area contributed by atoms with Crippen molar-refractivity contribution in [2.45, 2.75) is 29.9 Å². The van der Waals surface area contributed by atoms with Crippen LogP contribution in [0.4, 0.5) is 10.1 Å². The summed E-state index contributed by atoms with van der Waals surface area (Å²) in [5, 5.41) is 11.6. The molecule has 0 unspecified atom stereocenters. The molecule has 0 radical (unpaired) electrons. The number of hydrogen-bond donors (Lipinski definition) is 3. The van der Waals surface area contributed by atoms with Crippen molar-refractivity contribution in [3.8, 4) is 0 Å². The van der Waals surface area contributed by atoms with E-state index in [0.717, 1.165) is 12.1 Å². The number of amides is 1. The molecule has 1 fully saturated rings. The van der Waals surface area contributed by atoms with Gasteiger partial charge >= 0.3 is 0 Å². The molecule has 0 heterocycles. The van der Waals surface area contributed by atoms with Crippen LogP contribution in [0.25, 0.3) is 0 Å². The van der Waals surface area contributed by atoms with E-state index in [9.17, 15) is 22.7 Å². The number of sulfonamides is 1. The highest BCUT2D eigenvalue weighted by Crippen LogP contribution is 2.27. The van der Waals surface area contributed by atoms with Crippen molar-refractivity contribution < 1.29 is 22.7 Å². The normalized spacial score (nSPS) is 19.4. The summed E-state index contributed by atoms with van der Waals surface area (Å²) in [7, 11) is -3.96. The van der Waals surface area contributed by atoms with E-state index in [-0.39, 0.29) is 32.2 Å². The molecule has 2 aromatic rings. The van der Waals surface area contributed by atoms with Crippen molar-refractivity contribution in [1.82, 2.24) is 4.72 Å². The Bertz CT molecular complexity index is 994. The fourth-order valence-corrected chi connectivity index (χ4v) is 4.56. The van der Waals surface area contributed by atoms with E-state index in [2.05, 4.69) is 10.0 Å². The van der Waals surface area contributed by atoms with Gasteiger partial charge in [0.2, 0.25) is 10.0 Å². The maximum absolute atomic E-state index is 13.2. The minimum absolute atomic E-state index is 0.0382. The summed E-state index contributed by atoms with van der Waals surface area (Å²) in [5.74, 6) is -1.23. The molecule has 6 nitrogen and oxygen atoms in total. The first-order valence-electron chi connectivity index (χ1n) is 7.92. The van der Waals surface area contributed by atoms with Crippen LogP contribution in [0, 0.1) is 5.82 Å². The second-order valence-electron chi connectivity index (χ2n) is 6.17. The number of aliphatic hydroxyl groups excluding tert-OH is 1. The molecule has 0 aliphatic heterocycles. The molecule has 1 aliphatic carbocycles. The molecule has 1 amide bonds. The van der Waals surface area contributed by atoms with E-state index in [1.165, 1.54) is 24.3 Å². The molecular formula is C17H15Cl2FN2O4S. The predicted molar refractivity (Wildman–Crippen MR) is 100 cm³/mol. The SMILES string of the molecule is O=C(Nc1ccc(F)c(Cl)c1)c1ccc(Cl)c(S(=O)(=O)NC2CC(O)C2)c1.